The van der Waals surface area contributed by atoms with Crippen LogP contribution >= 0.6 is 0 Å². The standard InChI is InChI=1S/C16H26N2O3/c1-20-12-13-21-16-5-3-2-4-15(16)14-18-8-6-17(7-9-18)10-11-19/h2-5,19H,6-14H2,1H3. The molecule has 1 fully saturated rings. The second-order valence-corrected chi connectivity index (χ2v) is 5.29. The summed E-state index contributed by atoms with van der Waals surface area (Å²) in [6.07, 6.45) is 0. The molecule has 21 heavy (non-hydrogen) atoms. The van der Waals surface area contributed by atoms with E-state index in [0.717, 1.165) is 45.0 Å². The number of hydrogen-bond donors (Lipinski definition) is 1. The van der Waals surface area contributed by atoms with Gasteiger partial charge in [0, 0.05) is 51.9 Å². The van der Waals surface area contributed by atoms with Gasteiger partial charge in [-0.25, -0.2) is 0 Å². The van der Waals surface area contributed by atoms with Crippen molar-refractivity contribution in [3.05, 3.63) is 29.8 Å². The van der Waals surface area contributed by atoms with Crippen LogP contribution in [0.3, 0.4) is 0 Å². The van der Waals surface area contributed by atoms with Crippen molar-refractivity contribution in [1.82, 2.24) is 9.80 Å². The normalized spacial score (nSPS) is 17.0. The molecule has 1 heterocycles. The first-order valence-corrected chi connectivity index (χ1v) is 7.58. The Bertz CT molecular complexity index is 406. The van der Waals surface area contributed by atoms with Gasteiger partial charge in [-0.15, -0.1) is 0 Å². The fraction of sp³-hybridized carbons (Fsp3) is 0.625. The Hall–Kier alpha value is -1.14. The lowest BCUT2D eigenvalue weighted by molar-refractivity contribution is 0.107. The van der Waals surface area contributed by atoms with Gasteiger partial charge in [0.05, 0.1) is 13.2 Å². The zero-order chi connectivity index (χ0) is 14.9. The van der Waals surface area contributed by atoms with E-state index in [0.29, 0.717) is 13.2 Å². The highest BCUT2D eigenvalue weighted by Crippen LogP contribution is 2.20. The van der Waals surface area contributed by atoms with E-state index < -0.39 is 0 Å². The van der Waals surface area contributed by atoms with Crippen LogP contribution in [0.15, 0.2) is 24.3 Å². The molecule has 1 aromatic rings. The zero-order valence-corrected chi connectivity index (χ0v) is 12.8. The van der Waals surface area contributed by atoms with Crippen LogP contribution in [0.5, 0.6) is 5.75 Å². The molecule has 1 saturated heterocycles. The number of aliphatic hydroxyl groups is 1. The Labute approximate surface area is 127 Å². The second kappa shape index (κ2) is 9.00. The summed E-state index contributed by atoms with van der Waals surface area (Å²) in [5.41, 5.74) is 1.23. The van der Waals surface area contributed by atoms with E-state index in [1.165, 1.54) is 5.56 Å². The predicted octanol–water partition coefficient (Wildman–Crippen LogP) is 0.822. The van der Waals surface area contributed by atoms with E-state index in [1.54, 1.807) is 7.11 Å². The van der Waals surface area contributed by atoms with Gasteiger partial charge in [0.25, 0.3) is 0 Å². The first-order chi connectivity index (χ1) is 10.3. The monoisotopic (exact) mass is 294 g/mol. The average molecular weight is 294 g/mol. The Balaban J connectivity index is 1.85. The molecule has 1 aliphatic rings. The maximum atomic E-state index is 8.98. The number of aliphatic hydroxyl groups excluding tert-OH is 1. The Morgan fingerprint density at radius 3 is 2.48 bits per heavy atom. The number of ether oxygens (including phenoxy) is 2. The lowest BCUT2D eigenvalue weighted by atomic mass is 10.1. The van der Waals surface area contributed by atoms with Crippen molar-refractivity contribution >= 4 is 0 Å². The molecule has 2 rings (SSSR count). The van der Waals surface area contributed by atoms with Gasteiger partial charge >= 0.3 is 0 Å². The molecule has 1 aromatic carbocycles. The molecule has 1 N–H and O–H groups in total. The van der Waals surface area contributed by atoms with Crippen LogP contribution < -0.4 is 4.74 Å². The van der Waals surface area contributed by atoms with Gasteiger partial charge in [0.1, 0.15) is 12.4 Å². The number of para-hydroxylation sites is 1. The molecule has 0 unspecified atom stereocenters. The highest BCUT2D eigenvalue weighted by molar-refractivity contribution is 5.33. The van der Waals surface area contributed by atoms with E-state index >= 15 is 0 Å². The largest absolute Gasteiger partial charge is 0.491 e. The Morgan fingerprint density at radius 2 is 1.76 bits per heavy atom. The van der Waals surface area contributed by atoms with E-state index in [1.807, 2.05) is 12.1 Å². The molecule has 118 valence electrons. The van der Waals surface area contributed by atoms with Gasteiger partial charge in [-0.1, -0.05) is 18.2 Å². The Morgan fingerprint density at radius 1 is 1.05 bits per heavy atom. The summed E-state index contributed by atoms with van der Waals surface area (Å²) in [4.78, 5) is 4.74. The SMILES string of the molecule is COCCOc1ccccc1CN1CCN(CCO)CC1. The minimum Gasteiger partial charge on any atom is -0.491 e. The van der Waals surface area contributed by atoms with E-state index in [2.05, 4.69) is 21.9 Å². The molecular weight excluding hydrogens is 268 g/mol. The lowest BCUT2D eigenvalue weighted by Crippen LogP contribution is -2.46. The fourth-order valence-corrected chi connectivity index (χ4v) is 2.56. The summed E-state index contributed by atoms with van der Waals surface area (Å²) in [5, 5.41) is 8.98. The van der Waals surface area contributed by atoms with Crippen molar-refractivity contribution in [2.24, 2.45) is 0 Å². The van der Waals surface area contributed by atoms with Crippen LogP contribution in [-0.4, -0.2) is 74.6 Å². The molecule has 0 aromatic heterocycles. The molecule has 0 atom stereocenters. The molecule has 5 nitrogen and oxygen atoms in total. The fourth-order valence-electron chi connectivity index (χ4n) is 2.56. The predicted molar refractivity (Wildman–Crippen MR) is 82.6 cm³/mol. The van der Waals surface area contributed by atoms with Crippen molar-refractivity contribution < 1.29 is 14.6 Å². The van der Waals surface area contributed by atoms with Crippen molar-refractivity contribution in [2.45, 2.75) is 6.54 Å². The summed E-state index contributed by atoms with van der Waals surface area (Å²) >= 11 is 0. The second-order valence-electron chi connectivity index (χ2n) is 5.29. The molecule has 0 saturated carbocycles. The van der Waals surface area contributed by atoms with E-state index in [-0.39, 0.29) is 6.61 Å². The van der Waals surface area contributed by atoms with Crippen LogP contribution in [0.25, 0.3) is 0 Å². The molecule has 0 radical (unpaired) electrons. The van der Waals surface area contributed by atoms with Crippen molar-refractivity contribution in [1.29, 1.82) is 0 Å². The van der Waals surface area contributed by atoms with Crippen LogP contribution in [0.1, 0.15) is 5.56 Å². The number of rotatable bonds is 8. The molecule has 0 spiro atoms. The summed E-state index contributed by atoms with van der Waals surface area (Å²) < 4.78 is 10.8. The van der Waals surface area contributed by atoms with Crippen molar-refractivity contribution in [3.63, 3.8) is 0 Å². The smallest absolute Gasteiger partial charge is 0.123 e. The summed E-state index contributed by atoms with van der Waals surface area (Å²) in [6.45, 7) is 7.24. The minimum absolute atomic E-state index is 0.246. The third-order valence-electron chi connectivity index (χ3n) is 3.79. The third-order valence-corrected chi connectivity index (χ3v) is 3.79. The zero-order valence-electron chi connectivity index (χ0n) is 12.8. The lowest BCUT2D eigenvalue weighted by Gasteiger charge is -2.34. The van der Waals surface area contributed by atoms with Crippen LogP contribution in [0, 0.1) is 0 Å². The summed E-state index contributed by atoms with van der Waals surface area (Å²) in [6, 6.07) is 8.21. The van der Waals surface area contributed by atoms with E-state index in [9.17, 15) is 0 Å². The molecule has 5 heteroatoms. The summed E-state index contributed by atoms with van der Waals surface area (Å²) in [7, 11) is 1.68. The van der Waals surface area contributed by atoms with Gasteiger partial charge in [-0.3, -0.25) is 9.80 Å². The number of piperazine rings is 1. The van der Waals surface area contributed by atoms with Gasteiger partial charge in [-0.05, 0) is 6.07 Å². The molecule has 0 amide bonds. The van der Waals surface area contributed by atoms with Gasteiger partial charge in [0.2, 0.25) is 0 Å². The third kappa shape index (κ3) is 5.28. The number of nitrogens with zero attached hydrogens (tertiary/aromatic N) is 2. The number of hydrogen-bond acceptors (Lipinski definition) is 5. The van der Waals surface area contributed by atoms with Crippen LogP contribution in [-0.2, 0) is 11.3 Å². The maximum absolute atomic E-state index is 8.98. The highest BCUT2D eigenvalue weighted by atomic mass is 16.5. The molecular formula is C16H26N2O3. The minimum atomic E-state index is 0.246. The van der Waals surface area contributed by atoms with Gasteiger partial charge in [0.15, 0.2) is 0 Å². The molecule has 0 aliphatic carbocycles. The van der Waals surface area contributed by atoms with Crippen molar-refractivity contribution in [3.8, 4) is 5.75 Å². The van der Waals surface area contributed by atoms with Gasteiger partial charge < -0.3 is 14.6 Å². The topological polar surface area (TPSA) is 45.2 Å². The number of β-amino-alcohol motifs (C(OH)–C–C–N with tert-alkyl or cyclic N) is 1. The van der Waals surface area contributed by atoms with Gasteiger partial charge in [-0.2, -0.15) is 0 Å². The first-order valence-electron chi connectivity index (χ1n) is 7.58. The highest BCUT2D eigenvalue weighted by Gasteiger charge is 2.17. The molecule has 1 aliphatic heterocycles. The van der Waals surface area contributed by atoms with Crippen LogP contribution in [0.4, 0.5) is 0 Å². The first kappa shape index (κ1) is 16.2. The van der Waals surface area contributed by atoms with Crippen LogP contribution in [0.2, 0.25) is 0 Å². The Kier molecular flexibility index (Phi) is 6.95. The molecule has 0 bridgehead atoms. The summed E-state index contributed by atoms with van der Waals surface area (Å²) in [5.74, 6) is 0.951. The number of benzene rings is 1. The van der Waals surface area contributed by atoms with E-state index in [4.69, 9.17) is 14.6 Å². The maximum Gasteiger partial charge on any atom is 0.123 e. The average Bonchev–Trinajstić information content (AvgIpc) is 2.51. The van der Waals surface area contributed by atoms with Crippen molar-refractivity contribution in [2.75, 3.05) is 59.7 Å². The quantitative estimate of drug-likeness (QED) is 0.719. The number of methoxy groups -OCH3 is 1.